The van der Waals surface area contributed by atoms with Crippen LogP contribution >= 0.6 is 7.52 Å². The predicted octanol–water partition coefficient (Wildman–Crippen LogP) is 3.76. The lowest BCUT2D eigenvalue weighted by atomic mass is 10.3. The van der Waals surface area contributed by atoms with Crippen LogP contribution in [0.1, 0.15) is 20.8 Å². The number of imidazole rings is 1. The molecule has 15 nitrogen and oxygen atoms in total. The monoisotopic (exact) mass is 658 g/mol. The number of methoxy groups -OCH3 is 1. The molecule has 4 rings (SSSR count). The molecule has 0 saturated carbocycles. The van der Waals surface area contributed by atoms with Crippen molar-refractivity contribution in [3.8, 4) is 23.5 Å². The maximum Gasteiger partial charge on any atom is 0.342 e. The molecule has 0 aliphatic carbocycles. The number of carbonyl (C=O) groups is 1. The summed E-state index contributed by atoms with van der Waals surface area (Å²) in [6.45, 7) is 5.31. The average molecular weight is 659 g/mol. The highest BCUT2D eigenvalue weighted by atomic mass is 31.2. The largest absolute Gasteiger partial charge is 0.491 e. The normalized spacial score (nSPS) is 14.0. The maximum absolute atomic E-state index is 14.2. The van der Waals surface area contributed by atoms with Crippen molar-refractivity contribution in [1.82, 2.24) is 24.6 Å². The van der Waals surface area contributed by atoms with Crippen LogP contribution < -0.4 is 24.8 Å². The molecule has 0 aliphatic rings. The Morgan fingerprint density at radius 3 is 2.30 bits per heavy atom. The van der Waals surface area contributed by atoms with E-state index in [0.29, 0.717) is 18.1 Å². The van der Waals surface area contributed by atoms with Gasteiger partial charge in [-0.15, -0.1) is 0 Å². The van der Waals surface area contributed by atoms with E-state index in [9.17, 15) is 14.5 Å². The molecule has 0 bridgehead atoms. The van der Waals surface area contributed by atoms with Gasteiger partial charge in [-0.3, -0.25) is 13.9 Å². The number of benzene rings is 2. The summed E-state index contributed by atoms with van der Waals surface area (Å²) in [5.41, 5.74) is 6.42. The molecule has 2 aromatic heterocycles. The number of carbonyl (C=O) groups excluding carboxylic acids is 1. The lowest BCUT2D eigenvalue weighted by Gasteiger charge is -2.26. The molecule has 16 heteroatoms. The van der Waals surface area contributed by atoms with Crippen LogP contribution in [0.25, 0.3) is 11.2 Å². The second-order valence-electron chi connectivity index (χ2n) is 10.4. The number of hydrogen-bond donors (Lipinski definition) is 3. The van der Waals surface area contributed by atoms with E-state index in [2.05, 4.69) is 20.0 Å². The van der Waals surface area contributed by atoms with Crippen molar-refractivity contribution in [3.05, 3.63) is 60.7 Å². The van der Waals surface area contributed by atoms with Crippen molar-refractivity contribution in [2.24, 2.45) is 0 Å². The van der Waals surface area contributed by atoms with Crippen LogP contribution in [-0.2, 0) is 30.1 Å². The molecule has 4 N–H and O–H groups in total. The summed E-state index contributed by atoms with van der Waals surface area (Å²) in [6.07, 6.45) is -1.71. The van der Waals surface area contributed by atoms with E-state index in [1.54, 1.807) is 56.3 Å². The van der Waals surface area contributed by atoms with E-state index < -0.39 is 38.0 Å². The van der Waals surface area contributed by atoms with Gasteiger partial charge in [-0.2, -0.15) is 15.0 Å². The number of aromatic nitrogens is 4. The van der Waals surface area contributed by atoms with E-state index in [0.717, 1.165) is 0 Å². The maximum atomic E-state index is 14.2. The van der Waals surface area contributed by atoms with E-state index >= 15 is 0 Å². The van der Waals surface area contributed by atoms with Gasteiger partial charge in [0.25, 0.3) is 6.01 Å². The number of rotatable bonds is 18. The molecule has 0 saturated heterocycles. The average Bonchev–Trinajstić information content (AvgIpc) is 3.34. The van der Waals surface area contributed by atoms with Gasteiger partial charge >= 0.3 is 19.5 Å². The van der Waals surface area contributed by atoms with Crippen LogP contribution in [0.15, 0.2) is 60.7 Å². The number of aromatic hydroxyl groups is 1. The van der Waals surface area contributed by atoms with Gasteiger partial charge in [0.2, 0.25) is 0 Å². The third-order valence-electron chi connectivity index (χ3n) is 6.24. The van der Waals surface area contributed by atoms with Gasteiger partial charge in [-0.1, -0.05) is 36.4 Å². The van der Waals surface area contributed by atoms with E-state index in [4.69, 9.17) is 33.9 Å². The minimum Gasteiger partial charge on any atom is -0.491 e. The summed E-state index contributed by atoms with van der Waals surface area (Å²) in [6, 6.07) is 16.1. The minimum atomic E-state index is -3.92. The Morgan fingerprint density at radius 1 is 0.978 bits per heavy atom. The first-order valence-corrected chi connectivity index (χ1v) is 16.3. The van der Waals surface area contributed by atoms with Crippen molar-refractivity contribution in [2.75, 3.05) is 39.0 Å². The Hall–Kier alpha value is -4.43. The molecule has 3 atom stereocenters. The fourth-order valence-corrected chi connectivity index (χ4v) is 5.87. The highest BCUT2D eigenvalue weighted by Gasteiger charge is 2.33. The van der Waals surface area contributed by atoms with Crippen LogP contribution in [0.3, 0.4) is 0 Å². The molecule has 0 radical (unpaired) electrons. The first-order chi connectivity index (χ1) is 22.1. The van der Waals surface area contributed by atoms with Crippen molar-refractivity contribution in [1.29, 1.82) is 0 Å². The molecule has 0 amide bonds. The van der Waals surface area contributed by atoms with Gasteiger partial charge in [0.1, 0.15) is 43.2 Å². The zero-order chi connectivity index (χ0) is 33.1. The summed E-state index contributed by atoms with van der Waals surface area (Å²) < 4.78 is 49.4. The lowest BCUT2D eigenvalue weighted by Crippen LogP contribution is -2.37. The Morgan fingerprint density at radius 2 is 1.65 bits per heavy atom. The number of nitrogens with one attached hydrogen (secondary N) is 1. The molecule has 3 unspecified atom stereocenters. The molecule has 2 aromatic carbocycles. The lowest BCUT2D eigenvalue weighted by molar-refractivity contribution is -0.149. The molecule has 0 spiro atoms. The number of fused-ring (bicyclic) bond motifs is 1. The fourth-order valence-electron chi connectivity index (χ4n) is 4.13. The van der Waals surface area contributed by atoms with Gasteiger partial charge < -0.3 is 39.0 Å². The van der Waals surface area contributed by atoms with Gasteiger partial charge in [-0.25, -0.2) is 5.09 Å². The van der Waals surface area contributed by atoms with Crippen molar-refractivity contribution in [2.45, 2.75) is 45.6 Å². The van der Waals surface area contributed by atoms with Crippen LogP contribution in [-0.4, -0.2) is 82.1 Å². The number of esters is 1. The number of anilines is 1. The number of nitrogens with zero attached hydrogens (tertiary/aromatic N) is 4. The molecule has 0 aliphatic heterocycles. The van der Waals surface area contributed by atoms with E-state index in [-0.39, 0.29) is 48.9 Å². The van der Waals surface area contributed by atoms with Gasteiger partial charge in [-0.05, 0) is 45.0 Å². The fraction of sp³-hybridized carbons (Fsp3) is 0.400. The molecule has 46 heavy (non-hydrogen) atoms. The zero-order valence-electron chi connectivity index (χ0n) is 26.1. The highest BCUT2D eigenvalue weighted by molar-refractivity contribution is 7.57. The van der Waals surface area contributed by atoms with Gasteiger partial charge in [0.15, 0.2) is 17.0 Å². The molecular formula is C30H39N6O9P. The number of hydrogen-bond acceptors (Lipinski definition) is 13. The van der Waals surface area contributed by atoms with Crippen LogP contribution in [0.5, 0.6) is 23.5 Å². The van der Waals surface area contributed by atoms with E-state index in [1.807, 2.05) is 18.2 Å². The topological polar surface area (TPSA) is 191 Å². The first-order valence-electron chi connectivity index (χ1n) is 14.5. The Balaban J connectivity index is 1.61. The number of para-hydroxylation sites is 2. The summed E-state index contributed by atoms with van der Waals surface area (Å²) in [7, 11) is -2.39. The van der Waals surface area contributed by atoms with Crippen LogP contribution in [0.4, 0.5) is 5.82 Å². The smallest absolute Gasteiger partial charge is 0.342 e. The predicted molar refractivity (Wildman–Crippen MR) is 169 cm³/mol. The molecule has 2 heterocycles. The summed E-state index contributed by atoms with van der Waals surface area (Å²) in [5, 5.41) is 13.6. The van der Waals surface area contributed by atoms with Gasteiger partial charge in [0, 0.05) is 7.11 Å². The second kappa shape index (κ2) is 16.2. The van der Waals surface area contributed by atoms with Gasteiger partial charge in [0.05, 0.1) is 19.3 Å². The molecular weight excluding hydrogens is 619 g/mol. The Bertz CT molecular complexity index is 1610. The van der Waals surface area contributed by atoms with Crippen molar-refractivity contribution < 1.29 is 42.7 Å². The second-order valence-corrected chi connectivity index (χ2v) is 12.4. The quantitative estimate of drug-likeness (QED) is 0.0795. The summed E-state index contributed by atoms with van der Waals surface area (Å²) in [4.78, 5) is 25.2. The number of ether oxygens (including phenoxy) is 5. The molecule has 0 fully saturated rings. The molecule has 248 valence electrons. The molecule has 4 aromatic rings. The summed E-state index contributed by atoms with van der Waals surface area (Å²) >= 11 is 0. The van der Waals surface area contributed by atoms with Crippen LogP contribution in [0.2, 0.25) is 0 Å². The van der Waals surface area contributed by atoms with Crippen molar-refractivity contribution in [3.63, 3.8) is 0 Å². The Kier molecular flexibility index (Phi) is 12.1. The van der Waals surface area contributed by atoms with E-state index in [1.165, 1.54) is 18.6 Å². The number of nitrogens with two attached hydrogens (primary N) is 1. The third kappa shape index (κ3) is 9.78. The van der Waals surface area contributed by atoms with Crippen LogP contribution in [0, 0.1) is 0 Å². The Labute approximate surface area is 266 Å². The highest BCUT2D eigenvalue weighted by Crippen LogP contribution is 2.44. The van der Waals surface area contributed by atoms with Crippen molar-refractivity contribution >= 4 is 30.5 Å². The standard InChI is InChI=1S/C30H39N6O9P/c1-20(2)44-28(37)21(3)35-46(39,45-23-13-9-6-10-14-23)19-43-24(18-42-22-11-7-5-8-12-22)17-36-27-25(32-30(36)38)26(31)33-29(34-27)41-16-15-40-4/h5-14,20-21,24H,15-19H2,1-4H3,(H,32,38)(H,35,39)(H2,31,33,34). The SMILES string of the molecule is COCCOc1nc(N)c2nc(O)n(CC(COc3ccccc3)OCP(=O)(NC(C)C(=O)OC(C)C)Oc3ccccc3)c2n1. The number of nitrogen functional groups attached to an aromatic ring is 1. The first kappa shape index (κ1) is 34.4. The summed E-state index contributed by atoms with van der Waals surface area (Å²) in [5.74, 6) is 0.251. The minimum absolute atomic E-state index is 0.00305. The third-order valence-corrected chi connectivity index (χ3v) is 8.01. The zero-order valence-corrected chi connectivity index (χ0v) is 27.0.